The predicted octanol–water partition coefficient (Wildman–Crippen LogP) is 0.411. The summed E-state index contributed by atoms with van der Waals surface area (Å²) in [4.78, 5) is 26.6. The van der Waals surface area contributed by atoms with Gasteiger partial charge in [-0.2, -0.15) is 0 Å². The summed E-state index contributed by atoms with van der Waals surface area (Å²) in [5.74, 6) is -0.619. The van der Waals surface area contributed by atoms with Crippen molar-refractivity contribution in [3.63, 3.8) is 0 Å². The largest absolute Gasteiger partial charge is 0.467 e. The van der Waals surface area contributed by atoms with E-state index in [1.807, 2.05) is 0 Å². The summed E-state index contributed by atoms with van der Waals surface area (Å²) in [6.07, 6.45) is -0.691. The Morgan fingerprint density at radius 1 is 1.30 bits per heavy atom. The summed E-state index contributed by atoms with van der Waals surface area (Å²) in [5.41, 5.74) is -0.433. The first kappa shape index (κ1) is 15.1. The van der Waals surface area contributed by atoms with E-state index in [1.165, 1.54) is 4.90 Å². The molecule has 2 aromatic rings. The van der Waals surface area contributed by atoms with Gasteiger partial charge in [-0.1, -0.05) is 5.16 Å². The topological polar surface area (TPSA) is 137 Å². The molecule has 1 aliphatic rings. The highest BCUT2D eigenvalue weighted by atomic mass is 16.6. The number of carbonyl (C=O) groups is 1. The van der Waals surface area contributed by atoms with E-state index in [0.29, 0.717) is 13.1 Å². The zero-order valence-electron chi connectivity index (χ0n) is 12.7. The highest BCUT2D eigenvalue weighted by Crippen LogP contribution is 2.25. The van der Waals surface area contributed by atoms with Crippen LogP contribution in [0.1, 0.15) is 20.8 Å². The molecule has 1 amide bonds. The minimum Gasteiger partial charge on any atom is -0.467 e. The molecule has 0 radical (unpaired) electrons. The average molecular weight is 325 g/mol. The van der Waals surface area contributed by atoms with Gasteiger partial charge >= 0.3 is 11.8 Å². The van der Waals surface area contributed by atoms with Crippen molar-refractivity contribution in [3.8, 4) is 17.4 Å². The van der Waals surface area contributed by atoms with Crippen LogP contribution in [0, 0.1) is 0 Å². The third-order valence-corrected chi connectivity index (χ3v) is 2.90. The number of aromatic amines is 1. The molecule has 1 fully saturated rings. The number of hydrogen-bond donors (Lipinski definition) is 1. The Bertz CT molecular complexity index is 750. The van der Waals surface area contributed by atoms with Crippen LogP contribution in [0.25, 0.3) is 11.5 Å². The van der Waals surface area contributed by atoms with E-state index in [-0.39, 0.29) is 23.5 Å². The number of H-pyrrole nitrogens is 1. The van der Waals surface area contributed by atoms with E-state index in [0.717, 1.165) is 0 Å². The number of ether oxygens (including phenoxy) is 2. The average Bonchev–Trinajstić information content (AvgIpc) is 2.99. The van der Waals surface area contributed by atoms with E-state index in [1.54, 1.807) is 20.8 Å². The molecule has 1 N–H and O–H groups in total. The van der Waals surface area contributed by atoms with Crippen molar-refractivity contribution in [3.05, 3.63) is 10.6 Å². The molecule has 0 saturated carbocycles. The fourth-order valence-electron chi connectivity index (χ4n) is 1.88. The van der Waals surface area contributed by atoms with Gasteiger partial charge in [0.1, 0.15) is 11.7 Å². The molecule has 0 aliphatic carbocycles. The van der Waals surface area contributed by atoms with E-state index < -0.39 is 17.5 Å². The van der Waals surface area contributed by atoms with Crippen molar-refractivity contribution < 1.29 is 23.4 Å². The van der Waals surface area contributed by atoms with Crippen LogP contribution >= 0.6 is 0 Å². The smallest absolute Gasteiger partial charge is 0.439 e. The maximum atomic E-state index is 11.8. The highest BCUT2D eigenvalue weighted by molar-refractivity contribution is 5.69. The lowest BCUT2D eigenvalue weighted by Crippen LogP contribution is -2.57. The lowest BCUT2D eigenvalue weighted by Gasteiger charge is -2.38. The molecule has 1 aliphatic heterocycles. The highest BCUT2D eigenvalue weighted by Gasteiger charge is 2.36. The minimum absolute atomic E-state index is 0.0505. The molecule has 3 rings (SSSR count). The van der Waals surface area contributed by atoms with Crippen LogP contribution in [0.5, 0.6) is 5.88 Å². The van der Waals surface area contributed by atoms with Gasteiger partial charge in [0, 0.05) is 0 Å². The van der Waals surface area contributed by atoms with Gasteiger partial charge in [0.2, 0.25) is 11.5 Å². The number of amides is 1. The van der Waals surface area contributed by atoms with Crippen LogP contribution in [0.15, 0.2) is 13.9 Å². The van der Waals surface area contributed by atoms with Gasteiger partial charge in [-0.3, -0.25) is 9.51 Å². The summed E-state index contributed by atoms with van der Waals surface area (Å²) < 4.78 is 19.8. The first-order chi connectivity index (χ1) is 10.8. The second kappa shape index (κ2) is 5.41. The van der Waals surface area contributed by atoms with Gasteiger partial charge < -0.3 is 14.4 Å². The quantitative estimate of drug-likeness (QED) is 0.850. The van der Waals surface area contributed by atoms with E-state index >= 15 is 0 Å². The summed E-state index contributed by atoms with van der Waals surface area (Å²) >= 11 is 0. The summed E-state index contributed by atoms with van der Waals surface area (Å²) in [6, 6.07) is 0. The number of carbonyl (C=O) groups excluding carboxylic acids is 1. The molecule has 2 aromatic heterocycles. The van der Waals surface area contributed by atoms with Crippen LogP contribution in [0.3, 0.4) is 0 Å². The molecule has 0 atom stereocenters. The van der Waals surface area contributed by atoms with E-state index in [2.05, 4.69) is 29.6 Å². The second-order valence-electron chi connectivity index (χ2n) is 5.99. The van der Waals surface area contributed by atoms with Crippen LogP contribution < -0.4 is 10.5 Å². The van der Waals surface area contributed by atoms with Crippen LogP contribution in [0.2, 0.25) is 0 Å². The Balaban J connectivity index is 1.58. The van der Waals surface area contributed by atoms with Crippen LogP contribution in [-0.2, 0) is 4.74 Å². The Morgan fingerprint density at radius 3 is 2.65 bits per heavy atom. The van der Waals surface area contributed by atoms with Crippen molar-refractivity contribution in [2.24, 2.45) is 0 Å². The molecular formula is C12H15N5O6. The predicted molar refractivity (Wildman–Crippen MR) is 72.6 cm³/mol. The Labute approximate surface area is 129 Å². The fourth-order valence-corrected chi connectivity index (χ4v) is 1.88. The normalized spacial score (nSPS) is 15.3. The van der Waals surface area contributed by atoms with Gasteiger partial charge in [-0.25, -0.2) is 14.2 Å². The molecule has 3 heterocycles. The van der Waals surface area contributed by atoms with E-state index in [4.69, 9.17) is 9.47 Å². The van der Waals surface area contributed by atoms with Gasteiger partial charge in [-0.15, -0.1) is 0 Å². The molecule has 11 heteroatoms. The standard InChI is InChI=1S/C12H15N5O6/c1-12(2,3)21-11(19)17-4-6(5-17)20-9-7(14-23-16-9)8-13-10(18)22-15-8/h6H,4-5H2,1-3H3,(H,13,15,18). The third kappa shape index (κ3) is 3.33. The van der Waals surface area contributed by atoms with E-state index in [9.17, 15) is 9.59 Å². The zero-order valence-corrected chi connectivity index (χ0v) is 12.7. The first-order valence-corrected chi connectivity index (χ1v) is 6.85. The van der Waals surface area contributed by atoms with Crippen molar-refractivity contribution >= 4 is 6.09 Å². The monoisotopic (exact) mass is 325 g/mol. The third-order valence-electron chi connectivity index (χ3n) is 2.90. The molecule has 124 valence electrons. The number of nitrogens with one attached hydrogen (secondary N) is 1. The Hall–Kier alpha value is -2.85. The molecular weight excluding hydrogens is 310 g/mol. The van der Waals surface area contributed by atoms with Crippen LogP contribution in [0.4, 0.5) is 4.79 Å². The fraction of sp³-hybridized carbons (Fsp3) is 0.583. The van der Waals surface area contributed by atoms with Gasteiger partial charge in [-0.05, 0) is 31.1 Å². The summed E-state index contributed by atoms with van der Waals surface area (Å²) in [5, 5.41) is 10.7. The van der Waals surface area contributed by atoms with Gasteiger partial charge in [0.15, 0.2) is 0 Å². The zero-order chi connectivity index (χ0) is 16.6. The van der Waals surface area contributed by atoms with Crippen LogP contribution in [-0.4, -0.2) is 56.2 Å². The second-order valence-corrected chi connectivity index (χ2v) is 5.99. The number of hydrogen-bond acceptors (Lipinski definition) is 9. The number of aromatic nitrogens is 4. The first-order valence-electron chi connectivity index (χ1n) is 6.85. The van der Waals surface area contributed by atoms with Crippen molar-refractivity contribution in [2.75, 3.05) is 13.1 Å². The van der Waals surface area contributed by atoms with Crippen molar-refractivity contribution in [2.45, 2.75) is 32.5 Å². The Morgan fingerprint density at radius 2 is 2.04 bits per heavy atom. The number of likely N-dealkylation sites (tertiary alicyclic amines) is 1. The maximum absolute atomic E-state index is 11.8. The lowest BCUT2D eigenvalue weighted by atomic mass is 10.2. The molecule has 0 bridgehead atoms. The summed E-state index contributed by atoms with van der Waals surface area (Å²) in [7, 11) is 0. The molecule has 23 heavy (non-hydrogen) atoms. The SMILES string of the molecule is CC(C)(C)OC(=O)N1CC(Oc2nonc2-c2noc(=O)[nH]2)C1. The molecule has 0 spiro atoms. The van der Waals surface area contributed by atoms with Crippen molar-refractivity contribution in [1.82, 2.24) is 25.4 Å². The van der Waals surface area contributed by atoms with Crippen molar-refractivity contribution in [1.29, 1.82) is 0 Å². The minimum atomic E-state index is -0.728. The molecule has 1 saturated heterocycles. The summed E-state index contributed by atoms with van der Waals surface area (Å²) in [6.45, 7) is 6.08. The van der Waals surface area contributed by atoms with Gasteiger partial charge in [0.05, 0.1) is 13.1 Å². The number of rotatable bonds is 3. The number of nitrogens with zero attached hydrogens (tertiary/aromatic N) is 4. The van der Waals surface area contributed by atoms with Gasteiger partial charge in [0.25, 0.3) is 5.88 Å². The molecule has 0 aromatic carbocycles. The Kier molecular flexibility index (Phi) is 3.54. The molecule has 11 nitrogen and oxygen atoms in total. The molecule has 0 unspecified atom stereocenters. The maximum Gasteiger partial charge on any atom is 0.439 e. The lowest BCUT2D eigenvalue weighted by molar-refractivity contribution is -0.0238.